The van der Waals surface area contributed by atoms with Gasteiger partial charge in [0.15, 0.2) is 0 Å². The van der Waals surface area contributed by atoms with Crippen LogP contribution >= 0.6 is 11.8 Å². The fraction of sp³-hybridized carbons (Fsp3) is 0.381. The van der Waals surface area contributed by atoms with Gasteiger partial charge < -0.3 is 10.2 Å². The minimum Gasteiger partial charge on any atom is -0.343 e. The third-order valence-electron chi connectivity index (χ3n) is 4.05. The van der Waals surface area contributed by atoms with Gasteiger partial charge in [0.2, 0.25) is 0 Å². The van der Waals surface area contributed by atoms with E-state index in [4.69, 9.17) is 0 Å². The van der Waals surface area contributed by atoms with E-state index in [1.807, 2.05) is 13.0 Å². The van der Waals surface area contributed by atoms with E-state index < -0.39 is 0 Å². The zero-order valence-corrected chi connectivity index (χ0v) is 16.4. The van der Waals surface area contributed by atoms with Gasteiger partial charge in [-0.15, -0.1) is 0 Å². The van der Waals surface area contributed by atoms with Crippen LogP contribution in [0.2, 0.25) is 0 Å². The Hall–Kier alpha value is -1.78. The van der Waals surface area contributed by atoms with E-state index in [0.29, 0.717) is 0 Å². The lowest BCUT2D eigenvalue weighted by molar-refractivity contribution is 0.302. The highest BCUT2D eigenvalue weighted by Gasteiger charge is 2.04. The van der Waals surface area contributed by atoms with Crippen LogP contribution in [0.15, 0.2) is 69.4 Å². The highest BCUT2D eigenvalue weighted by atomic mass is 32.2. The molecule has 0 saturated carbocycles. The highest BCUT2D eigenvalue weighted by Crippen LogP contribution is 2.33. The molecule has 2 aromatic carbocycles. The Kier molecular flexibility index (Phi) is 8.56. The smallest absolute Gasteiger partial charge is 0.0975 e. The number of hydrogen-bond acceptors (Lipinski definition) is 3. The first-order valence-electron chi connectivity index (χ1n) is 9.05. The second kappa shape index (κ2) is 11.0. The summed E-state index contributed by atoms with van der Waals surface area (Å²) in [6, 6.07) is 18.8. The molecule has 0 spiro atoms. The molecule has 0 heterocycles. The number of hydrogen-bond donors (Lipinski definition) is 1. The third-order valence-corrected chi connectivity index (χ3v) is 5.13. The molecule has 0 atom stereocenters. The lowest BCUT2D eigenvalue weighted by Gasteiger charge is -2.17. The van der Waals surface area contributed by atoms with E-state index in [2.05, 4.69) is 77.6 Å². The van der Waals surface area contributed by atoms with Gasteiger partial charge in [-0.2, -0.15) is 0 Å². The summed E-state index contributed by atoms with van der Waals surface area (Å²) in [5, 5.41) is 3.46. The first kappa shape index (κ1) is 19.5. The second-order valence-corrected chi connectivity index (χ2v) is 7.00. The summed E-state index contributed by atoms with van der Waals surface area (Å²) in [4.78, 5) is 9.57. The molecule has 25 heavy (non-hydrogen) atoms. The van der Waals surface area contributed by atoms with Gasteiger partial charge in [0.1, 0.15) is 0 Å². The van der Waals surface area contributed by atoms with Gasteiger partial charge in [0.25, 0.3) is 0 Å². The van der Waals surface area contributed by atoms with Crippen LogP contribution in [0.25, 0.3) is 0 Å². The minimum absolute atomic E-state index is 0.864. The van der Waals surface area contributed by atoms with E-state index in [0.717, 1.165) is 44.1 Å². The molecule has 134 valence electrons. The quantitative estimate of drug-likeness (QED) is 0.371. The summed E-state index contributed by atoms with van der Waals surface area (Å²) in [6.45, 7) is 10.7. The summed E-state index contributed by atoms with van der Waals surface area (Å²) in [5.74, 6) is 0.973. The van der Waals surface area contributed by atoms with Gasteiger partial charge in [-0.25, -0.2) is 0 Å². The molecule has 0 bridgehead atoms. The molecular formula is C21H29N3S. The van der Waals surface area contributed by atoms with Gasteiger partial charge in [-0.3, -0.25) is 4.99 Å². The van der Waals surface area contributed by atoms with Crippen molar-refractivity contribution < 1.29 is 0 Å². The van der Waals surface area contributed by atoms with E-state index in [-0.39, 0.29) is 0 Å². The Labute approximate surface area is 156 Å². The SMILES string of the molecule is CCN(CC)CCCN=C(C)Nc1ccccc1Sc1ccccc1. The lowest BCUT2D eigenvalue weighted by Crippen LogP contribution is -2.24. The molecule has 1 N–H and O–H groups in total. The number of aliphatic imine (C=N–C) groups is 1. The molecule has 0 amide bonds. The van der Waals surface area contributed by atoms with Crippen molar-refractivity contribution in [2.75, 3.05) is 31.5 Å². The average molecular weight is 356 g/mol. The van der Waals surface area contributed by atoms with Crippen LogP contribution < -0.4 is 5.32 Å². The number of rotatable bonds is 9. The van der Waals surface area contributed by atoms with E-state index >= 15 is 0 Å². The Morgan fingerprint density at radius 3 is 2.40 bits per heavy atom. The number of nitrogens with one attached hydrogen (secondary N) is 1. The maximum Gasteiger partial charge on any atom is 0.0975 e. The van der Waals surface area contributed by atoms with Crippen molar-refractivity contribution in [1.29, 1.82) is 0 Å². The standard InChI is InChI=1S/C21H29N3S/c1-4-24(5-2)17-11-16-22-18(3)23-20-14-9-10-15-21(20)25-19-12-7-6-8-13-19/h6-10,12-15H,4-5,11,16-17H2,1-3H3,(H,22,23). The monoisotopic (exact) mass is 355 g/mol. The topological polar surface area (TPSA) is 27.6 Å². The summed E-state index contributed by atoms with van der Waals surface area (Å²) in [5.41, 5.74) is 1.11. The Morgan fingerprint density at radius 2 is 1.68 bits per heavy atom. The first-order chi connectivity index (χ1) is 12.2. The molecule has 0 unspecified atom stereocenters. The maximum absolute atomic E-state index is 4.68. The molecule has 4 heteroatoms. The Balaban J connectivity index is 1.92. The molecule has 0 saturated heterocycles. The number of amidine groups is 1. The lowest BCUT2D eigenvalue weighted by atomic mass is 10.3. The van der Waals surface area contributed by atoms with Crippen LogP contribution in [0.4, 0.5) is 5.69 Å². The first-order valence-corrected chi connectivity index (χ1v) is 9.87. The molecule has 0 aliphatic rings. The summed E-state index contributed by atoms with van der Waals surface area (Å²) in [7, 11) is 0. The van der Waals surface area contributed by atoms with Crippen molar-refractivity contribution in [2.45, 2.75) is 37.0 Å². The zero-order chi connectivity index (χ0) is 17.9. The number of nitrogens with zero attached hydrogens (tertiary/aromatic N) is 2. The fourth-order valence-corrected chi connectivity index (χ4v) is 3.51. The van der Waals surface area contributed by atoms with E-state index in [1.165, 1.54) is 9.79 Å². The molecule has 0 radical (unpaired) electrons. The van der Waals surface area contributed by atoms with Crippen LogP contribution in [0.1, 0.15) is 27.2 Å². The zero-order valence-electron chi connectivity index (χ0n) is 15.5. The van der Waals surface area contributed by atoms with E-state index in [1.54, 1.807) is 11.8 Å². The molecular weight excluding hydrogens is 326 g/mol. The van der Waals surface area contributed by atoms with Gasteiger partial charge >= 0.3 is 0 Å². The number of para-hydroxylation sites is 1. The summed E-state index contributed by atoms with van der Waals surface area (Å²) >= 11 is 1.77. The number of benzene rings is 2. The molecule has 0 aromatic heterocycles. The molecule has 2 rings (SSSR count). The van der Waals surface area contributed by atoms with Crippen molar-refractivity contribution >= 4 is 23.3 Å². The highest BCUT2D eigenvalue weighted by molar-refractivity contribution is 7.99. The van der Waals surface area contributed by atoms with Crippen LogP contribution in [-0.2, 0) is 0 Å². The Bertz CT molecular complexity index is 651. The van der Waals surface area contributed by atoms with Crippen LogP contribution in [-0.4, -0.2) is 36.9 Å². The normalized spacial score (nSPS) is 11.8. The average Bonchev–Trinajstić information content (AvgIpc) is 2.64. The van der Waals surface area contributed by atoms with Crippen molar-refractivity contribution in [3.63, 3.8) is 0 Å². The molecule has 3 nitrogen and oxygen atoms in total. The van der Waals surface area contributed by atoms with Crippen molar-refractivity contribution in [3.05, 3.63) is 54.6 Å². The maximum atomic E-state index is 4.68. The van der Waals surface area contributed by atoms with Gasteiger partial charge in [0.05, 0.1) is 11.5 Å². The summed E-state index contributed by atoms with van der Waals surface area (Å²) < 4.78 is 0. The predicted molar refractivity (Wildman–Crippen MR) is 111 cm³/mol. The van der Waals surface area contributed by atoms with Gasteiger partial charge in [-0.05, 0) is 57.2 Å². The predicted octanol–water partition coefficient (Wildman–Crippen LogP) is 5.40. The molecule has 2 aromatic rings. The largest absolute Gasteiger partial charge is 0.343 e. The molecule has 0 aliphatic carbocycles. The van der Waals surface area contributed by atoms with Crippen LogP contribution in [0.3, 0.4) is 0 Å². The Morgan fingerprint density at radius 1 is 1.00 bits per heavy atom. The van der Waals surface area contributed by atoms with Gasteiger partial charge in [0, 0.05) is 16.3 Å². The van der Waals surface area contributed by atoms with Crippen LogP contribution in [0.5, 0.6) is 0 Å². The summed E-state index contributed by atoms with van der Waals surface area (Å²) in [6.07, 6.45) is 1.10. The second-order valence-electron chi connectivity index (χ2n) is 5.88. The van der Waals surface area contributed by atoms with Gasteiger partial charge in [-0.1, -0.05) is 55.9 Å². The van der Waals surface area contributed by atoms with E-state index in [9.17, 15) is 0 Å². The minimum atomic E-state index is 0.864. The third kappa shape index (κ3) is 6.92. The van der Waals surface area contributed by atoms with Crippen molar-refractivity contribution in [3.8, 4) is 0 Å². The van der Waals surface area contributed by atoms with Crippen molar-refractivity contribution in [2.24, 2.45) is 4.99 Å². The molecule has 0 fully saturated rings. The van der Waals surface area contributed by atoms with Crippen LogP contribution in [0, 0.1) is 0 Å². The fourth-order valence-electron chi connectivity index (χ4n) is 2.59. The number of anilines is 1. The molecule has 0 aliphatic heterocycles. The van der Waals surface area contributed by atoms with Crippen molar-refractivity contribution in [1.82, 2.24) is 4.90 Å².